The van der Waals surface area contributed by atoms with E-state index in [0.29, 0.717) is 23.6 Å². The standard InChI is InChI=1S/C16H21N7O2/c1-21-12(18-14-13(21)15(24)19-16(25)22(14)2)9-23-7-3-4-10(8-23)11-5-6-17-20-11/h5-6,10H,3-4,7-9H2,1-2H3,(H,17,20)(H,19,24,25). The molecule has 2 N–H and O–H groups in total. The first kappa shape index (κ1) is 15.8. The van der Waals surface area contributed by atoms with E-state index >= 15 is 0 Å². The van der Waals surface area contributed by atoms with E-state index in [1.165, 1.54) is 4.57 Å². The van der Waals surface area contributed by atoms with Gasteiger partial charge in [-0.05, 0) is 25.5 Å². The summed E-state index contributed by atoms with van der Waals surface area (Å²) in [7, 11) is 3.44. The van der Waals surface area contributed by atoms with Crippen LogP contribution in [0.2, 0.25) is 0 Å². The van der Waals surface area contributed by atoms with Crippen molar-refractivity contribution in [1.82, 2.24) is 34.2 Å². The van der Waals surface area contributed by atoms with Crippen molar-refractivity contribution in [2.75, 3.05) is 13.1 Å². The lowest BCUT2D eigenvalue weighted by Gasteiger charge is -2.31. The molecule has 0 saturated carbocycles. The Bertz CT molecular complexity index is 1010. The Morgan fingerprint density at radius 1 is 1.28 bits per heavy atom. The highest BCUT2D eigenvalue weighted by atomic mass is 16.2. The summed E-state index contributed by atoms with van der Waals surface area (Å²) in [6.45, 7) is 2.55. The maximum absolute atomic E-state index is 12.1. The molecule has 0 aromatic carbocycles. The molecule has 1 fully saturated rings. The number of aryl methyl sites for hydroxylation is 2. The molecule has 0 radical (unpaired) electrons. The summed E-state index contributed by atoms with van der Waals surface area (Å²) in [4.78, 5) is 33.1. The lowest BCUT2D eigenvalue weighted by Crippen LogP contribution is -2.34. The molecule has 4 heterocycles. The smallest absolute Gasteiger partial charge is 0.324 e. The normalized spacial score (nSPS) is 18.9. The third-order valence-electron chi connectivity index (χ3n) is 5.06. The highest BCUT2D eigenvalue weighted by Gasteiger charge is 2.24. The minimum atomic E-state index is -0.445. The maximum atomic E-state index is 12.1. The van der Waals surface area contributed by atoms with Gasteiger partial charge in [-0.3, -0.25) is 24.3 Å². The molecule has 9 nitrogen and oxygen atoms in total. The van der Waals surface area contributed by atoms with Crippen molar-refractivity contribution in [3.63, 3.8) is 0 Å². The molecule has 1 atom stereocenters. The van der Waals surface area contributed by atoms with Gasteiger partial charge in [0.15, 0.2) is 11.2 Å². The summed E-state index contributed by atoms with van der Waals surface area (Å²) in [5.74, 6) is 1.21. The van der Waals surface area contributed by atoms with Crippen LogP contribution >= 0.6 is 0 Å². The van der Waals surface area contributed by atoms with Gasteiger partial charge in [-0.1, -0.05) is 0 Å². The molecule has 4 rings (SSSR count). The number of nitrogens with zero attached hydrogens (tertiary/aromatic N) is 5. The van der Waals surface area contributed by atoms with Gasteiger partial charge in [0.25, 0.3) is 5.56 Å². The van der Waals surface area contributed by atoms with Crippen LogP contribution in [0.1, 0.15) is 30.3 Å². The molecular weight excluding hydrogens is 322 g/mol. The Morgan fingerprint density at radius 3 is 2.88 bits per heavy atom. The van der Waals surface area contributed by atoms with Crippen LogP contribution in [0, 0.1) is 0 Å². The van der Waals surface area contributed by atoms with E-state index in [0.717, 1.165) is 37.4 Å². The monoisotopic (exact) mass is 343 g/mol. The van der Waals surface area contributed by atoms with E-state index in [1.807, 2.05) is 13.1 Å². The number of hydrogen-bond donors (Lipinski definition) is 2. The van der Waals surface area contributed by atoms with E-state index in [4.69, 9.17) is 0 Å². The summed E-state index contributed by atoms with van der Waals surface area (Å²) in [6.07, 6.45) is 4.02. The third-order valence-corrected chi connectivity index (χ3v) is 5.06. The second-order valence-corrected chi connectivity index (χ2v) is 6.66. The number of fused-ring (bicyclic) bond motifs is 1. The van der Waals surface area contributed by atoms with Gasteiger partial charge in [0.05, 0.1) is 6.54 Å². The van der Waals surface area contributed by atoms with E-state index in [9.17, 15) is 9.59 Å². The van der Waals surface area contributed by atoms with Crippen molar-refractivity contribution in [2.24, 2.45) is 14.1 Å². The number of likely N-dealkylation sites (tertiary alicyclic amines) is 1. The van der Waals surface area contributed by atoms with Crippen molar-refractivity contribution in [3.8, 4) is 0 Å². The highest BCUT2D eigenvalue weighted by Crippen LogP contribution is 2.26. The van der Waals surface area contributed by atoms with E-state index in [2.05, 4.69) is 25.1 Å². The van der Waals surface area contributed by atoms with Crippen molar-refractivity contribution in [2.45, 2.75) is 25.3 Å². The summed E-state index contributed by atoms with van der Waals surface area (Å²) in [5, 5.41) is 7.11. The van der Waals surface area contributed by atoms with Gasteiger partial charge in [-0.25, -0.2) is 9.78 Å². The van der Waals surface area contributed by atoms with Crippen LogP contribution in [0.5, 0.6) is 0 Å². The molecule has 0 spiro atoms. The van der Waals surface area contributed by atoms with E-state index in [1.54, 1.807) is 17.8 Å². The van der Waals surface area contributed by atoms with Crippen LogP contribution in [0.4, 0.5) is 0 Å². The Hall–Kier alpha value is -2.68. The molecule has 1 aliphatic heterocycles. The zero-order valence-electron chi connectivity index (χ0n) is 14.3. The summed E-state index contributed by atoms with van der Waals surface area (Å²) >= 11 is 0. The Kier molecular flexibility index (Phi) is 3.79. The predicted molar refractivity (Wildman–Crippen MR) is 92.4 cm³/mol. The van der Waals surface area contributed by atoms with Crippen molar-refractivity contribution >= 4 is 11.2 Å². The highest BCUT2D eigenvalue weighted by molar-refractivity contribution is 5.70. The largest absolute Gasteiger partial charge is 0.329 e. The summed E-state index contributed by atoms with van der Waals surface area (Å²) < 4.78 is 3.16. The van der Waals surface area contributed by atoms with Gasteiger partial charge in [0, 0.05) is 38.4 Å². The van der Waals surface area contributed by atoms with Gasteiger partial charge >= 0.3 is 5.69 Å². The fourth-order valence-corrected chi connectivity index (χ4v) is 3.64. The number of hydrogen-bond acceptors (Lipinski definition) is 5. The Morgan fingerprint density at radius 2 is 2.12 bits per heavy atom. The summed E-state index contributed by atoms with van der Waals surface area (Å²) in [5.41, 5.74) is 1.17. The average molecular weight is 343 g/mol. The topological polar surface area (TPSA) is 105 Å². The van der Waals surface area contributed by atoms with E-state index < -0.39 is 11.2 Å². The van der Waals surface area contributed by atoms with Crippen LogP contribution in [-0.2, 0) is 20.6 Å². The molecule has 0 bridgehead atoms. The fraction of sp³-hybridized carbons (Fsp3) is 0.500. The fourth-order valence-electron chi connectivity index (χ4n) is 3.64. The molecule has 1 saturated heterocycles. The zero-order valence-corrected chi connectivity index (χ0v) is 14.3. The second kappa shape index (κ2) is 5.99. The molecular formula is C16H21N7O2. The molecule has 9 heteroatoms. The first-order chi connectivity index (χ1) is 12.0. The number of aromatic amines is 2. The van der Waals surface area contributed by atoms with Crippen molar-refractivity contribution in [3.05, 3.63) is 44.6 Å². The third kappa shape index (κ3) is 2.70. The van der Waals surface area contributed by atoms with Gasteiger partial charge in [-0.15, -0.1) is 0 Å². The van der Waals surface area contributed by atoms with Gasteiger partial charge < -0.3 is 4.57 Å². The maximum Gasteiger partial charge on any atom is 0.329 e. The minimum absolute atomic E-state index is 0.395. The van der Waals surface area contributed by atoms with Gasteiger partial charge in [0.1, 0.15) is 5.82 Å². The molecule has 0 aliphatic carbocycles. The lowest BCUT2D eigenvalue weighted by molar-refractivity contribution is 0.193. The van der Waals surface area contributed by atoms with Crippen molar-refractivity contribution < 1.29 is 0 Å². The van der Waals surface area contributed by atoms with Crippen LogP contribution in [0.15, 0.2) is 21.9 Å². The van der Waals surface area contributed by atoms with Crippen LogP contribution in [0.3, 0.4) is 0 Å². The zero-order chi connectivity index (χ0) is 17.6. The number of piperidine rings is 1. The molecule has 1 unspecified atom stereocenters. The van der Waals surface area contributed by atoms with Crippen LogP contribution in [-0.4, -0.2) is 47.3 Å². The Labute approximate surface area is 143 Å². The van der Waals surface area contributed by atoms with Crippen molar-refractivity contribution in [1.29, 1.82) is 0 Å². The molecule has 0 amide bonds. The number of aromatic nitrogens is 6. The number of H-pyrrole nitrogens is 2. The quantitative estimate of drug-likeness (QED) is 0.700. The minimum Gasteiger partial charge on any atom is -0.324 e. The molecule has 25 heavy (non-hydrogen) atoms. The number of rotatable bonds is 3. The molecule has 132 valence electrons. The second-order valence-electron chi connectivity index (χ2n) is 6.66. The Balaban J connectivity index is 1.64. The number of nitrogens with one attached hydrogen (secondary N) is 2. The first-order valence-electron chi connectivity index (χ1n) is 8.41. The van der Waals surface area contributed by atoms with Crippen LogP contribution < -0.4 is 11.2 Å². The SMILES string of the molecule is Cn1c(CN2CCCC(c3ccn[nH]3)C2)nc2c1c(=O)[nH]c(=O)n2C. The van der Waals surface area contributed by atoms with Gasteiger partial charge in [-0.2, -0.15) is 5.10 Å². The predicted octanol–water partition coefficient (Wildman–Crippen LogP) is 0.0630. The molecule has 1 aliphatic rings. The van der Waals surface area contributed by atoms with Crippen LogP contribution in [0.25, 0.3) is 11.2 Å². The van der Waals surface area contributed by atoms with Gasteiger partial charge in [0.2, 0.25) is 0 Å². The number of imidazole rings is 1. The summed E-state index contributed by atoms with van der Waals surface area (Å²) in [6, 6.07) is 2.03. The lowest BCUT2D eigenvalue weighted by atomic mass is 9.95. The average Bonchev–Trinajstić information content (AvgIpc) is 3.23. The first-order valence-corrected chi connectivity index (χ1v) is 8.41. The molecule has 3 aromatic rings. The molecule has 3 aromatic heterocycles. The van der Waals surface area contributed by atoms with E-state index in [-0.39, 0.29) is 0 Å².